The van der Waals surface area contributed by atoms with E-state index in [9.17, 15) is 34.8 Å². The van der Waals surface area contributed by atoms with Crippen molar-refractivity contribution < 1.29 is 34.8 Å². The zero-order valence-corrected chi connectivity index (χ0v) is 26.4. The second-order valence-electron chi connectivity index (χ2n) is 14.8. The van der Waals surface area contributed by atoms with E-state index in [1.165, 1.54) is 6.42 Å². The van der Waals surface area contributed by atoms with Gasteiger partial charge in [0.05, 0.1) is 5.56 Å². The van der Waals surface area contributed by atoms with Gasteiger partial charge < -0.3 is 20.4 Å². The molecule has 0 aromatic heterocycles. The molecule has 6 rings (SSSR count). The fourth-order valence-electron chi connectivity index (χ4n) is 9.61. The van der Waals surface area contributed by atoms with E-state index in [1.807, 2.05) is 32.9 Å². The lowest BCUT2D eigenvalue weighted by Crippen LogP contribution is -2.69. The van der Waals surface area contributed by atoms with E-state index in [4.69, 9.17) is 0 Å². The summed E-state index contributed by atoms with van der Waals surface area (Å²) in [6.45, 7) is 8.25. The predicted octanol–water partition coefficient (Wildman–Crippen LogP) is 6.66. The van der Waals surface area contributed by atoms with Gasteiger partial charge in [0.1, 0.15) is 22.8 Å². The number of hydrogen-bond acceptors (Lipinski definition) is 7. The van der Waals surface area contributed by atoms with Crippen LogP contribution < -0.4 is 0 Å². The van der Waals surface area contributed by atoms with Crippen molar-refractivity contribution in [3.05, 3.63) is 63.5 Å². The summed E-state index contributed by atoms with van der Waals surface area (Å²) in [7, 11) is 0. The number of Topliss-reactive ketones (excluding diaryl/α,β-unsaturated/α-hetero) is 3. The molecule has 7 heteroatoms. The van der Waals surface area contributed by atoms with Crippen LogP contribution in [0.25, 0.3) is 11.3 Å². The first-order valence-electron chi connectivity index (χ1n) is 16.1. The number of ketones is 3. The van der Waals surface area contributed by atoms with E-state index in [0.717, 1.165) is 61.3 Å². The number of carbonyl (C=O) groups excluding carboxylic acids is 3. The monoisotopic (exact) mass is 600 g/mol. The molecule has 4 N–H and O–H groups in total. The van der Waals surface area contributed by atoms with Crippen LogP contribution in [0.3, 0.4) is 0 Å². The van der Waals surface area contributed by atoms with Crippen LogP contribution in [0.5, 0.6) is 5.75 Å². The van der Waals surface area contributed by atoms with Gasteiger partial charge in [-0.05, 0) is 72.8 Å². The van der Waals surface area contributed by atoms with Gasteiger partial charge in [-0.1, -0.05) is 78.0 Å². The number of carbonyl (C=O) groups is 3. The van der Waals surface area contributed by atoms with Crippen molar-refractivity contribution in [1.82, 2.24) is 0 Å². The summed E-state index contributed by atoms with van der Waals surface area (Å²) < 4.78 is 0. The summed E-state index contributed by atoms with van der Waals surface area (Å²) in [5.74, 6) is -4.51. The molecule has 0 heterocycles. The molecule has 0 amide bonds. The third kappa shape index (κ3) is 4.07. The van der Waals surface area contributed by atoms with Gasteiger partial charge in [-0.25, -0.2) is 0 Å². The SMILES string of the molecule is CC(=O)C1=C(O)[C@]2(O)C(=O)C3=C(O)c4c(O)c(CC5CCCCC5)cc(C5=CCC=C5)c4C[C@]3(C)C[C@]2(C)C(C(C)C)C1=O. The molecule has 2 saturated carbocycles. The van der Waals surface area contributed by atoms with Gasteiger partial charge in [-0.3, -0.25) is 14.4 Å². The van der Waals surface area contributed by atoms with Gasteiger partial charge in [-0.2, -0.15) is 0 Å². The molecule has 1 unspecified atom stereocenters. The average Bonchev–Trinajstić information content (AvgIpc) is 3.47. The molecule has 234 valence electrons. The summed E-state index contributed by atoms with van der Waals surface area (Å²) in [5.41, 5.74) is -2.20. The maximum atomic E-state index is 14.7. The molecule has 4 atom stereocenters. The fourth-order valence-corrected chi connectivity index (χ4v) is 9.61. The minimum absolute atomic E-state index is 0.0554. The highest BCUT2D eigenvalue weighted by atomic mass is 16.3. The molecule has 1 aromatic rings. The number of phenolic OH excluding ortho intramolecular Hbond substituents is 1. The molecule has 2 fully saturated rings. The van der Waals surface area contributed by atoms with Crippen LogP contribution >= 0.6 is 0 Å². The van der Waals surface area contributed by atoms with Crippen molar-refractivity contribution in [1.29, 1.82) is 0 Å². The third-order valence-electron chi connectivity index (χ3n) is 11.4. The van der Waals surface area contributed by atoms with Crippen LogP contribution in [0, 0.1) is 28.6 Å². The van der Waals surface area contributed by atoms with Crippen molar-refractivity contribution in [3.63, 3.8) is 0 Å². The first-order chi connectivity index (χ1) is 20.7. The minimum Gasteiger partial charge on any atom is -0.508 e. The summed E-state index contributed by atoms with van der Waals surface area (Å²) in [6.07, 6.45) is 13.7. The normalized spacial score (nSPS) is 32.2. The Labute approximate surface area is 259 Å². The van der Waals surface area contributed by atoms with Crippen molar-refractivity contribution in [2.24, 2.45) is 28.6 Å². The zero-order valence-electron chi connectivity index (χ0n) is 26.4. The van der Waals surface area contributed by atoms with Gasteiger partial charge in [-0.15, -0.1) is 0 Å². The highest BCUT2D eigenvalue weighted by molar-refractivity contribution is 6.24. The third-order valence-corrected chi connectivity index (χ3v) is 11.4. The van der Waals surface area contributed by atoms with Crippen LogP contribution in [0.15, 0.2) is 41.2 Å². The van der Waals surface area contributed by atoms with Crippen molar-refractivity contribution in [2.45, 2.75) is 98.0 Å². The standard InChI is InChI=1S/C37H44O7/c1-19(2)28-31(40)26(20(3)38)33(42)37(44)34(43)29-32(41)27-25(17-35(29,4)18-36(28,37)5)24(22-13-9-10-14-22)16-23(30(27)39)15-21-11-7-6-8-12-21/h9,13-14,16,19,21,28,39,41-42,44H,6-8,10-12,15,17-18H2,1-5H3/t28?,35-,36-,37+/m1/s1. The highest BCUT2D eigenvalue weighted by Gasteiger charge is 2.72. The molecule has 5 aliphatic carbocycles. The largest absolute Gasteiger partial charge is 0.508 e. The number of benzene rings is 1. The van der Waals surface area contributed by atoms with Crippen molar-refractivity contribution >= 4 is 28.7 Å². The molecule has 0 bridgehead atoms. The number of aromatic hydroxyl groups is 1. The van der Waals surface area contributed by atoms with Gasteiger partial charge >= 0.3 is 0 Å². The van der Waals surface area contributed by atoms with Crippen LogP contribution in [0.1, 0.15) is 102 Å². The number of aliphatic hydroxyl groups excluding tert-OH is 2. The summed E-state index contributed by atoms with van der Waals surface area (Å²) in [5, 5.41) is 47.6. The lowest BCUT2D eigenvalue weighted by molar-refractivity contribution is -0.178. The van der Waals surface area contributed by atoms with Gasteiger partial charge in [0.25, 0.3) is 0 Å². The molecule has 44 heavy (non-hydrogen) atoms. The quantitative estimate of drug-likeness (QED) is 0.278. The minimum atomic E-state index is -2.61. The Morgan fingerprint density at radius 3 is 2.34 bits per heavy atom. The Morgan fingerprint density at radius 2 is 1.75 bits per heavy atom. The van der Waals surface area contributed by atoms with Gasteiger partial charge in [0, 0.05) is 22.3 Å². The first kappa shape index (κ1) is 30.6. The zero-order chi connectivity index (χ0) is 31.9. The van der Waals surface area contributed by atoms with Crippen LogP contribution in [0.2, 0.25) is 0 Å². The molecule has 0 radical (unpaired) electrons. The number of phenols is 1. The van der Waals surface area contributed by atoms with E-state index >= 15 is 0 Å². The molecule has 5 aliphatic rings. The Bertz CT molecular complexity index is 1610. The maximum absolute atomic E-state index is 14.7. The van der Waals surface area contributed by atoms with Crippen LogP contribution in [-0.2, 0) is 27.2 Å². The van der Waals surface area contributed by atoms with E-state index in [1.54, 1.807) is 6.92 Å². The van der Waals surface area contributed by atoms with Crippen molar-refractivity contribution in [3.8, 4) is 5.75 Å². The first-order valence-corrected chi connectivity index (χ1v) is 16.1. The highest BCUT2D eigenvalue weighted by Crippen LogP contribution is 2.65. The summed E-state index contributed by atoms with van der Waals surface area (Å²) in [6, 6.07) is 2.04. The number of aliphatic hydroxyl groups is 3. The van der Waals surface area contributed by atoms with Crippen molar-refractivity contribution in [2.75, 3.05) is 0 Å². The Balaban J connectivity index is 1.60. The van der Waals surface area contributed by atoms with E-state index in [-0.39, 0.29) is 35.6 Å². The number of hydrogen-bond donors (Lipinski definition) is 4. The van der Waals surface area contributed by atoms with Gasteiger partial charge in [0.15, 0.2) is 17.2 Å². The molecule has 0 spiro atoms. The maximum Gasteiger partial charge on any atom is 0.203 e. The predicted molar refractivity (Wildman–Crippen MR) is 168 cm³/mol. The number of allylic oxidation sites excluding steroid dienone is 5. The van der Waals surface area contributed by atoms with Crippen LogP contribution in [-0.4, -0.2) is 43.4 Å². The molecule has 1 aromatic carbocycles. The average molecular weight is 601 g/mol. The van der Waals surface area contributed by atoms with E-state index in [0.29, 0.717) is 12.3 Å². The molecular formula is C37H44O7. The Hall–Kier alpha value is -3.45. The second kappa shape index (κ2) is 10.3. The van der Waals surface area contributed by atoms with Gasteiger partial charge in [0.2, 0.25) is 5.78 Å². The smallest absolute Gasteiger partial charge is 0.203 e. The Kier molecular flexibility index (Phi) is 7.15. The molecule has 0 saturated heterocycles. The second-order valence-corrected chi connectivity index (χ2v) is 14.8. The number of fused-ring (bicyclic) bond motifs is 3. The lowest BCUT2D eigenvalue weighted by atomic mass is 9.43. The fraction of sp³-hybridized carbons (Fsp3) is 0.541. The van der Waals surface area contributed by atoms with Crippen LogP contribution in [0.4, 0.5) is 0 Å². The molecule has 7 nitrogen and oxygen atoms in total. The molecular weight excluding hydrogens is 556 g/mol. The van der Waals surface area contributed by atoms with E-state index in [2.05, 4.69) is 12.2 Å². The number of rotatable bonds is 5. The lowest BCUT2D eigenvalue weighted by Gasteiger charge is -2.59. The molecule has 0 aliphatic heterocycles. The topological polar surface area (TPSA) is 132 Å². The Morgan fingerprint density at radius 1 is 1.07 bits per heavy atom. The van der Waals surface area contributed by atoms with E-state index < -0.39 is 56.8 Å². The summed E-state index contributed by atoms with van der Waals surface area (Å²) >= 11 is 0. The summed E-state index contributed by atoms with van der Waals surface area (Å²) in [4.78, 5) is 41.1.